The molecule has 0 saturated heterocycles. The van der Waals surface area contributed by atoms with E-state index >= 15 is 0 Å². The summed E-state index contributed by atoms with van der Waals surface area (Å²) in [4.78, 5) is 12.0. The third-order valence-electron chi connectivity index (χ3n) is 3.20. The molecule has 0 aliphatic carbocycles. The minimum Gasteiger partial charge on any atom is -0.398 e. The van der Waals surface area contributed by atoms with E-state index in [1.54, 1.807) is 12.1 Å². The van der Waals surface area contributed by atoms with Crippen LogP contribution in [0, 0.1) is 6.92 Å². The number of aliphatic hydroxyl groups is 1. The summed E-state index contributed by atoms with van der Waals surface area (Å²) in [5.41, 5.74) is 9.76. The van der Waals surface area contributed by atoms with E-state index < -0.39 is 0 Å². The van der Waals surface area contributed by atoms with Gasteiger partial charge in [0, 0.05) is 17.8 Å². The van der Waals surface area contributed by atoms with Crippen LogP contribution in [0.2, 0.25) is 0 Å². The summed E-state index contributed by atoms with van der Waals surface area (Å²) in [5.74, 6) is -0.150. The third kappa shape index (κ3) is 3.36. The van der Waals surface area contributed by atoms with Crippen molar-refractivity contribution in [2.45, 2.75) is 20.1 Å². The quantitative estimate of drug-likeness (QED) is 0.744. The highest BCUT2D eigenvalue weighted by atomic mass is 16.3. The van der Waals surface area contributed by atoms with E-state index in [0.29, 0.717) is 17.8 Å². The van der Waals surface area contributed by atoms with E-state index in [1.807, 2.05) is 37.3 Å². The Hall–Kier alpha value is -2.33. The van der Waals surface area contributed by atoms with E-state index in [9.17, 15) is 4.79 Å². The van der Waals surface area contributed by atoms with E-state index in [4.69, 9.17) is 10.8 Å². The molecule has 4 heteroatoms. The summed E-state index contributed by atoms with van der Waals surface area (Å²) in [6.45, 7) is 2.37. The van der Waals surface area contributed by atoms with Crippen molar-refractivity contribution in [3.05, 3.63) is 64.7 Å². The van der Waals surface area contributed by atoms with Gasteiger partial charge in [-0.15, -0.1) is 0 Å². The lowest BCUT2D eigenvalue weighted by atomic mass is 10.1. The molecular formula is C16H18N2O2. The minimum atomic E-state index is -0.150. The number of anilines is 1. The van der Waals surface area contributed by atoms with Gasteiger partial charge in [-0.1, -0.05) is 30.3 Å². The first-order valence-corrected chi connectivity index (χ1v) is 6.43. The average molecular weight is 270 g/mol. The maximum Gasteiger partial charge on any atom is 0.251 e. The fourth-order valence-corrected chi connectivity index (χ4v) is 1.83. The molecule has 1 amide bonds. The number of nitrogens with one attached hydrogen (secondary N) is 1. The summed E-state index contributed by atoms with van der Waals surface area (Å²) < 4.78 is 0. The average Bonchev–Trinajstić information content (AvgIpc) is 2.48. The molecule has 2 aromatic carbocycles. The maximum absolute atomic E-state index is 12.0. The fourth-order valence-electron chi connectivity index (χ4n) is 1.83. The normalized spacial score (nSPS) is 10.3. The van der Waals surface area contributed by atoms with Crippen LogP contribution in [-0.2, 0) is 13.2 Å². The van der Waals surface area contributed by atoms with Gasteiger partial charge in [-0.05, 0) is 35.7 Å². The van der Waals surface area contributed by atoms with Crippen molar-refractivity contribution in [1.29, 1.82) is 0 Å². The number of aliphatic hydroxyl groups excluding tert-OH is 1. The molecule has 2 rings (SSSR count). The highest BCUT2D eigenvalue weighted by molar-refractivity contribution is 5.95. The van der Waals surface area contributed by atoms with Gasteiger partial charge in [0.25, 0.3) is 5.91 Å². The zero-order valence-corrected chi connectivity index (χ0v) is 11.4. The Morgan fingerprint density at radius 3 is 2.40 bits per heavy atom. The Morgan fingerprint density at radius 1 is 1.15 bits per heavy atom. The van der Waals surface area contributed by atoms with Gasteiger partial charge in [-0.25, -0.2) is 0 Å². The monoisotopic (exact) mass is 270 g/mol. The van der Waals surface area contributed by atoms with Crippen LogP contribution in [0.3, 0.4) is 0 Å². The van der Waals surface area contributed by atoms with E-state index in [-0.39, 0.29) is 12.5 Å². The molecule has 0 aliphatic rings. The maximum atomic E-state index is 12.0. The first kappa shape index (κ1) is 14.1. The molecule has 0 spiro atoms. The van der Waals surface area contributed by atoms with Crippen LogP contribution < -0.4 is 11.1 Å². The SMILES string of the molecule is Cc1ccc(C(=O)NCc2ccc(CO)cc2)cc1N. The molecule has 0 unspecified atom stereocenters. The predicted molar refractivity (Wildman–Crippen MR) is 79.1 cm³/mol. The highest BCUT2D eigenvalue weighted by Crippen LogP contribution is 2.13. The molecule has 0 radical (unpaired) electrons. The minimum absolute atomic E-state index is 0.0231. The molecule has 0 fully saturated rings. The number of carbonyl (C=O) groups excluding carboxylic acids is 1. The number of aryl methyl sites for hydroxylation is 1. The van der Waals surface area contributed by atoms with Gasteiger partial charge in [0.05, 0.1) is 6.61 Å². The standard InChI is InChI=1S/C16H18N2O2/c1-11-2-7-14(8-15(11)17)16(20)18-9-12-3-5-13(10-19)6-4-12/h2-8,19H,9-10,17H2,1H3,(H,18,20). The summed E-state index contributed by atoms with van der Waals surface area (Å²) in [7, 11) is 0. The van der Waals surface area contributed by atoms with Crippen LogP contribution in [-0.4, -0.2) is 11.0 Å². The van der Waals surface area contributed by atoms with Gasteiger partial charge >= 0.3 is 0 Å². The Bertz CT molecular complexity index is 606. The molecule has 0 atom stereocenters. The molecule has 4 nitrogen and oxygen atoms in total. The smallest absolute Gasteiger partial charge is 0.251 e. The predicted octanol–water partition coefficient (Wildman–Crippen LogP) is 2.00. The number of nitrogens with two attached hydrogens (primary N) is 1. The molecule has 0 bridgehead atoms. The van der Waals surface area contributed by atoms with E-state index in [1.165, 1.54) is 0 Å². The highest BCUT2D eigenvalue weighted by Gasteiger charge is 2.06. The molecular weight excluding hydrogens is 252 g/mol. The lowest BCUT2D eigenvalue weighted by Gasteiger charge is -2.07. The lowest BCUT2D eigenvalue weighted by molar-refractivity contribution is 0.0951. The number of carbonyl (C=O) groups is 1. The van der Waals surface area contributed by atoms with Gasteiger partial charge in [-0.2, -0.15) is 0 Å². The van der Waals surface area contributed by atoms with Crippen LogP contribution in [0.4, 0.5) is 5.69 Å². The zero-order chi connectivity index (χ0) is 14.5. The molecule has 2 aromatic rings. The number of amides is 1. The summed E-state index contributed by atoms with van der Waals surface area (Å²) in [6, 6.07) is 12.7. The van der Waals surface area contributed by atoms with Gasteiger partial charge in [-0.3, -0.25) is 4.79 Å². The number of rotatable bonds is 4. The number of hydrogen-bond donors (Lipinski definition) is 3. The van der Waals surface area contributed by atoms with Crippen molar-refractivity contribution in [2.24, 2.45) is 0 Å². The summed E-state index contributed by atoms with van der Waals surface area (Å²) in [6.07, 6.45) is 0. The van der Waals surface area contributed by atoms with Gasteiger partial charge in [0.2, 0.25) is 0 Å². The fraction of sp³-hybridized carbons (Fsp3) is 0.188. The first-order chi connectivity index (χ1) is 9.60. The van der Waals surface area contributed by atoms with Crippen molar-refractivity contribution in [3.63, 3.8) is 0 Å². The van der Waals surface area contributed by atoms with Crippen molar-refractivity contribution in [1.82, 2.24) is 5.32 Å². The zero-order valence-electron chi connectivity index (χ0n) is 11.4. The lowest BCUT2D eigenvalue weighted by Crippen LogP contribution is -2.22. The third-order valence-corrected chi connectivity index (χ3v) is 3.20. The van der Waals surface area contributed by atoms with Crippen molar-refractivity contribution < 1.29 is 9.90 Å². The Balaban J connectivity index is 1.98. The van der Waals surface area contributed by atoms with Gasteiger partial charge in [0.15, 0.2) is 0 Å². The topological polar surface area (TPSA) is 75.3 Å². The largest absolute Gasteiger partial charge is 0.398 e. The number of nitrogen functional groups attached to an aromatic ring is 1. The van der Waals surface area contributed by atoms with Crippen molar-refractivity contribution >= 4 is 11.6 Å². The molecule has 0 aliphatic heterocycles. The molecule has 0 heterocycles. The Labute approximate surface area is 118 Å². The second-order valence-corrected chi connectivity index (χ2v) is 4.73. The molecule has 0 aromatic heterocycles. The second-order valence-electron chi connectivity index (χ2n) is 4.73. The molecule has 104 valence electrons. The number of benzene rings is 2. The van der Waals surface area contributed by atoms with E-state index in [0.717, 1.165) is 16.7 Å². The molecule has 20 heavy (non-hydrogen) atoms. The van der Waals surface area contributed by atoms with Gasteiger partial charge in [0.1, 0.15) is 0 Å². The number of hydrogen-bond acceptors (Lipinski definition) is 3. The molecule has 4 N–H and O–H groups in total. The Morgan fingerprint density at radius 2 is 1.80 bits per heavy atom. The van der Waals surface area contributed by atoms with Crippen LogP contribution in [0.15, 0.2) is 42.5 Å². The van der Waals surface area contributed by atoms with E-state index in [2.05, 4.69) is 5.32 Å². The second kappa shape index (κ2) is 6.21. The summed E-state index contributed by atoms with van der Waals surface area (Å²) in [5, 5.41) is 11.8. The van der Waals surface area contributed by atoms with Crippen molar-refractivity contribution in [2.75, 3.05) is 5.73 Å². The van der Waals surface area contributed by atoms with Crippen LogP contribution in [0.25, 0.3) is 0 Å². The Kier molecular flexibility index (Phi) is 4.38. The van der Waals surface area contributed by atoms with Crippen LogP contribution in [0.1, 0.15) is 27.0 Å². The molecule has 0 saturated carbocycles. The van der Waals surface area contributed by atoms with Gasteiger partial charge < -0.3 is 16.2 Å². The summed E-state index contributed by atoms with van der Waals surface area (Å²) >= 11 is 0. The van der Waals surface area contributed by atoms with Crippen LogP contribution in [0.5, 0.6) is 0 Å². The van der Waals surface area contributed by atoms with Crippen LogP contribution >= 0.6 is 0 Å². The first-order valence-electron chi connectivity index (χ1n) is 6.43. The van der Waals surface area contributed by atoms with Crippen molar-refractivity contribution in [3.8, 4) is 0 Å².